The number of phenolic OH excluding ortho intramolecular Hbond substituents is 1. The van der Waals surface area contributed by atoms with E-state index in [0.717, 1.165) is 0 Å². The molecule has 3 aromatic heterocycles. The van der Waals surface area contributed by atoms with Gasteiger partial charge in [0.1, 0.15) is 11.3 Å². The number of halogens is 1. The highest BCUT2D eigenvalue weighted by atomic mass is 35.5. The number of nitrogens with zero attached hydrogens (tertiary/aromatic N) is 4. The van der Waals surface area contributed by atoms with Crippen LogP contribution < -0.4 is 10.9 Å². The molecule has 2 aromatic carbocycles. The van der Waals surface area contributed by atoms with Gasteiger partial charge in [0, 0.05) is 18.1 Å². The fourth-order valence-corrected chi connectivity index (χ4v) is 4.43. The second-order valence-electron chi connectivity index (χ2n) is 7.95. The van der Waals surface area contributed by atoms with Gasteiger partial charge in [0.15, 0.2) is 5.65 Å². The number of benzene rings is 2. The fraction of sp³-hybridized carbons (Fsp3) is 0.120. The van der Waals surface area contributed by atoms with E-state index in [1.54, 1.807) is 79.3 Å². The number of carbonyl (C=O) groups is 1. The third-order valence-corrected chi connectivity index (χ3v) is 6.05. The Labute approximate surface area is 199 Å². The summed E-state index contributed by atoms with van der Waals surface area (Å²) in [5.41, 5.74) is 1.71. The molecule has 5 rings (SSSR count). The highest BCUT2D eigenvalue weighted by Gasteiger charge is 2.24. The number of hydrogen-bond donors (Lipinski definition) is 2. The molecule has 0 aliphatic heterocycles. The van der Waals surface area contributed by atoms with Crippen LogP contribution in [0.4, 0.5) is 0 Å². The van der Waals surface area contributed by atoms with Crippen molar-refractivity contribution in [2.45, 2.75) is 19.9 Å². The monoisotopic (exact) mass is 473 g/mol. The van der Waals surface area contributed by atoms with Crippen LogP contribution in [0.1, 0.15) is 34.7 Å². The van der Waals surface area contributed by atoms with Gasteiger partial charge < -0.3 is 10.4 Å². The third-order valence-electron chi connectivity index (χ3n) is 5.74. The summed E-state index contributed by atoms with van der Waals surface area (Å²) < 4.78 is 2.93. The molecular formula is C25H20ClN5O3. The number of hydrogen-bond acceptors (Lipinski definition) is 5. The van der Waals surface area contributed by atoms with Gasteiger partial charge in [-0.2, -0.15) is 5.10 Å². The van der Waals surface area contributed by atoms with Crippen molar-refractivity contribution in [2.75, 3.05) is 0 Å². The number of phenols is 1. The van der Waals surface area contributed by atoms with Gasteiger partial charge in [-0.1, -0.05) is 35.9 Å². The largest absolute Gasteiger partial charge is 0.506 e. The molecule has 1 amide bonds. The molecule has 34 heavy (non-hydrogen) atoms. The lowest BCUT2D eigenvalue weighted by Gasteiger charge is -2.21. The molecular weight excluding hydrogens is 454 g/mol. The van der Waals surface area contributed by atoms with E-state index in [9.17, 15) is 14.7 Å². The van der Waals surface area contributed by atoms with Gasteiger partial charge in [-0.15, -0.1) is 0 Å². The number of nitrogens with one attached hydrogen (secondary N) is 1. The molecule has 2 N–H and O–H groups in total. The first-order valence-corrected chi connectivity index (χ1v) is 11.0. The molecule has 8 nitrogen and oxygen atoms in total. The fourth-order valence-electron chi connectivity index (χ4n) is 4.17. The number of rotatable bonds is 4. The average Bonchev–Trinajstić information content (AvgIpc) is 3.15. The maximum Gasteiger partial charge on any atom is 0.264 e. The zero-order valence-corrected chi connectivity index (χ0v) is 19.1. The Morgan fingerprint density at radius 2 is 1.94 bits per heavy atom. The first-order chi connectivity index (χ1) is 16.4. The Kier molecular flexibility index (Phi) is 5.30. The number of pyridine rings is 1. The lowest BCUT2D eigenvalue weighted by Crippen LogP contribution is -2.32. The van der Waals surface area contributed by atoms with E-state index in [2.05, 4.69) is 15.4 Å². The molecule has 9 heteroatoms. The van der Waals surface area contributed by atoms with Gasteiger partial charge in [0.25, 0.3) is 11.5 Å². The van der Waals surface area contributed by atoms with Gasteiger partial charge >= 0.3 is 0 Å². The van der Waals surface area contributed by atoms with Crippen molar-refractivity contribution >= 4 is 33.9 Å². The summed E-state index contributed by atoms with van der Waals surface area (Å²) >= 11 is 6.36. The Morgan fingerprint density at radius 1 is 1.15 bits per heavy atom. The van der Waals surface area contributed by atoms with Crippen LogP contribution in [0.2, 0.25) is 5.02 Å². The number of aromatic nitrogens is 4. The molecule has 0 radical (unpaired) electrons. The summed E-state index contributed by atoms with van der Waals surface area (Å²) in [5, 5.41) is 19.1. The second kappa shape index (κ2) is 8.31. The number of para-hydroxylation sites is 2. The van der Waals surface area contributed by atoms with Crippen LogP contribution in [0, 0.1) is 6.92 Å². The van der Waals surface area contributed by atoms with Crippen LogP contribution >= 0.6 is 11.6 Å². The quantitative estimate of drug-likeness (QED) is 0.407. The molecule has 0 aliphatic rings. The van der Waals surface area contributed by atoms with Crippen LogP contribution in [-0.4, -0.2) is 30.2 Å². The minimum atomic E-state index is -0.610. The van der Waals surface area contributed by atoms with Crippen LogP contribution in [-0.2, 0) is 0 Å². The summed E-state index contributed by atoms with van der Waals surface area (Å²) in [6, 6.07) is 14.6. The smallest absolute Gasteiger partial charge is 0.264 e. The van der Waals surface area contributed by atoms with E-state index in [-0.39, 0.29) is 11.7 Å². The maximum atomic E-state index is 13.6. The number of fused-ring (bicyclic) bond motifs is 2. The first-order valence-electron chi connectivity index (χ1n) is 10.6. The van der Waals surface area contributed by atoms with Crippen molar-refractivity contribution in [2.24, 2.45) is 0 Å². The zero-order chi connectivity index (χ0) is 24.0. The SMILES string of the molecule is Cc1nn2cccnc2c1C(=O)N[C@@H](C)c1cc2cccc(Cl)c2c(=O)n1-c1ccccc1O. The summed E-state index contributed by atoms with van der Waals surface area (Å²) in [5.74, 6) is -0.445. The topological polar surface area (TPSA) is 102 Å². The Morgan fingerprint density at radius 3 is 2.74 bits per heavy atom. The van der Waals surface area contributed by atoms with Crippen LogP contribution in [0.15, 0.2) is 71.8 Å². The predicted molar refractivity (Wildman–Crippen MR) is 130 cm³/mol. The standard InChI is InChI=1S/C25H20ClN5O3/c1-14(28-24(33)21-15(2)29-30-12-6-11-27-23(21)30)19-13-16-7-5-8-17(26)22(16)25(34)31(19)18-9-3-4-10-20(18)32/h3-14,32H,1-2H3,(H,28,33)/t14-/m0/s1. The van der Waals surface area contributed by atoms with E-state index in [4.69, 9.17) is 11.6 Å². The molecule has 5 aromatic rings. The van der Waals surface area contributed by atoms with Crippen LogP contribution in [0.5, 0.6) is 5.75 Å². The normalized spacial score (nSPS) is 12.2. The van der Waals surface area contributed by atoms with Crippen molar-refractivity contribution in [3.05, 3.63) is 99.3 Å². The minimum absolute atomic E-state index is 0.0709. The van der Waals surface area contributed by atoms with Gasteiger partial charge in [-0.25, -0.2) is 9.50 Å². The molecule has 1 atom stereocenters. The van der Waals surface area contributed by atoms with Crippen molar-refractivity contribution in [1.29, 1.82) is 0 Å². The van der Waals surface area contributed by atoms with E-state index in [1.807, 2.05) is 0 Å². The van der Waals surface area contributed by atoms with Crippen molar-refractivity contribution < 1.29 is 9.90 Å². The molecule has 0 spiro atoms. The summed E-state index contributed by atoms with van der Waals surface area (Å²) in [6.07, 6.45) is 3.32. The Hall–Kier alpha value is -4.17. The molecule has 170 valence electrons. The summed E-state index contributed by atoms with van der Waals surface area (Å²) in [7, 11) is 0. The van der Waals surface area contributed by atoms with E-state index < -0.39 is 11.6 Å². The number of aromatic hydroxyl groups is 1. The predicted octanol–water partition coefficient (Wildman–Crippen LogP) is 4.19. The Bertz CT molecular complexity index is 1640. The highest BCUT2D eigenvalue weighted by Crippen LogP contribution is 2.28. The molecule has 0 unspecified atom stereocenters. The lowest BCUT2D eigenvalue weighted by atomic mass is 10.1. The first kappa shape index (κ1) is 21.7. The zero-order valence-electron chi connectivity index (χ0n) is 18.4. The summed E-state index contributed by atoms with van der Waals surface area (Å²) in [6.45, 7) is 3.51. The van der Waals surface area contributed by atoms with E-state index >= 15 is 0 Å². The summed E-state index contributed by atoms with van der Waals surface area (Å²) in [4.78, 5) is 31.2. The van der Waals surface area contributed by atoms with Gasteiger partial charge in [0.05, 0.1) is 27.8 Å². The second-order valence-corrected chi connectivity index (χ2v) is 8.35. The van der Waals surface area contributed by atoms with E-state index in [1.165, 1.54) is 10.6 Å². The van der Waals surface area contributed by atoms with Crippen LogP contribution in [0.3, 0.4) is 0 Å². The number of aryl methyl sites for hydroxylation is 1. The number of amides is 1. The molecule has 0 aliphatic carbocycles. The Balaban J connectivity index is 1.66. The van der Waals surface area contributed by atoms with Gasteiger partial charge in [-0.3, -0.25) is 14.2 Å². The molecule has 0 saturated heterocycles. The van der Waals surface area contributed by atoms with Gasteiger partial charge in [0.2, 0.25) is 0 Å². The third kappa shape index (κ3) is 3.48. The van der Waals surface area contributed by atoms with Crippen LogP contribution in [0.25, 0.3) is 22.1 Å². The molecule has 0 fully saturated rings. The molecule has 3 heterocycles. The number of carbonyl (C=O) groups excluding carboxylic acids is 1. The van der Waals surface area contributed by atoms with Crippen molar-refractivity contribution in [3.8, 4) is 11.4 Å². The van der Waals surface area contributed by atoms with Gasteiger partial charge in [-0.05, 0) is 49.6 Å². The molecule has 0 bridgehead atoms. The highest BCUT2D eigenvalue weighted by molar-refractivity contribution is 6.35. The minimum Gasteiger partial charge on any atom is -0.506 e. The van der Waals surface area contributed by atoms with Crippen molar-refractivity contribution in [1.82, 2.24) is 24.5 Å². The molecule has 0 saturated carbocycles. The average molecular weight is 474 g/mol. The van der Waals surface area contributed by atoms with Crippen molar-refractivity contribution in [3.63, 3.8) is 0 Å². The maximum absolute atomic E-state index is 13.6. The lowest BCUT2D eigenvalue weighted by molar-refractivity contribution is 0.0939. The van der Waals surface area contributed by atoms with E-state index in [0.29, 0.717) is 44.1 Å².